The minimum Gasteiger partial charge on any atom is -0.481 e. The molecule has 4 rings (SSSR count). The first-order chi connectivity index (χ1) is 8.47. The van der Waals surface area contributed by atoms with Crippen molar-refractivity contribution in [1.29, 1.82) is 0 Å². The number of carboxylic acid groups (broad SMARTS) is 1. The molecule has 0 aromatic heterocycles. The van der Waals surface area contributed by atoms with Crippen LogP contribution in [0.25, 0.3) is 0 Å². The average molecular weight is 269 g/mol. The predicted molar refractivity (Wildman–Crippen MR) is 69.5 cm³/mol. The van der Waals surface area contributed by atoms with Crippen LogP contribution in [0.3, 0.4) is 0 Å². The van der Waals surface area contributed by atoms with Gasteiger partial charge in [-0.05, 0) is 56.6 Å². The lowest BCUT2D eigenvalue weighted by atomic mass is 9.47. The zero-order chi connectivity index (χ0) is 13.0. The largest absolute Gasteiger partial charge is 0.481 e. The second-order valence-electron chi connectivity index (χ2n) is 6.44. The number of aliphatic carboxylic acids is 1. The summed E-state index contributed by atoms with van der Waals surface area (Å²) in [5.74, 6) is 0.327. The highest BCUT2D eigenvalue weighted by atomic mass is 32.2. The van der Waals surface area contributed by atoms with Crippen LogP contribution in [0.4, 0.5) is 4.79 Å². The van der Waals surface area contributed by atoms with E-state index < -0.39 is 11.4 Å². The summed E-state index contributed by atoms with van der Waals surface area (Å²) < 4.78 is 0. The van der Waals surface area contributed by atoms with E-state index in [1.807, 2.05) is 0 Å². The topological polar surface area (TPSA) is 66.4 Å². The van der Waals surface area contributed by atoms with Crippen molar-refractivity contribution in [3.63, 3.8) is 0 Å². The normalized spacial score (nSPS) is 44.9. The fourth-order valence-corrected chi connectivity index (χ4v) is 5.25. The Kier molecular flexibility index (Phi) is 2.66. The van der Waals surface area contributed by atoms with Gasteiger partial charge in [0.25, 0.3) is 5.24 Å². The molecule has 100 valence electrons. The van der Waals surface area contributed by atoms with Crippen LogP contribution in [-0.2, 0) is 4.79 Å². The van der Waals surface area contributed by atoms with E-state index in [1.54, 1.807) is 6.26 Å². The Labute approximate surface area is 111 Å². The highest BCUT2D eigenvalue weighted by Crippen LogP contribution is 2.61. The molecule has 4 fully saturated rings. The van der Waals surface area contributed by atoms with Crippen molar-refractivity contribution in [2.75, 3.05) is 6.26 Å². The van der Waals surface area contributed by atoms with Crippen LogP contribution in [-0.4, -0.2) is 28.1 Å². The maximum absolute atomic E-state index is 11.7. The number of carboxylic acids is 1. The van der Waals surface area contributed by atoms with E-state index >= 15 is 0 Å². The molecular formula is C13H19NO3S. The lowest BCUT2D eigenvalue weighted by molar-refractivity contribution is -0.167. The van der Waals surface area contributed by atoms with Gasteiger partial charge >= 0.3 is 5.97 Å². The summed E-state index contributed by atoms with van der Waals surface area (Å²) in [6.45, 7) is 0. The van der Waals surface area contributed by atoms with Gasteiger partial charge < -0.3 is 10.4 Å². The molecule has 0 aliphatic heterocycles. The number of carbonyl (C=O) groups excluding carboxylic acids is 1. The summed E-state index contributed by atoms with van der Waals surface area (Å²) in [6.07, 6.45) is 7.14. The highest BCUT2D eigenvalue weighted by molar-refractivity contribution is 8.12. The molecule has 4 saturated carbocycles. The van der Waals surface area contributed by atoms with E-state index in [0.717, 1.165) is 32.1 Å². The van der Waals surface area contributed by atoms with Crippen LogP contribution in [0.1, 0.15) is 38.5 Å². The average Bonchev–Trinajstić information content (AvgIpc) is 2.26. The van der Waals surface area contributed by atoms with Gasteiger partial charge in [0.15, 0.2) is 0 Å². The minimum absolute atomic E-state index is 0.0162. The quantitative estimate of drug-likeness (QED) is 0.808. The number of carbonyl (C=O) groups is 2. The third kappa shape index (κ3) is 1.75. The Balaban J connectivity index is 1.89. The number of hydrogen-bond donors (Lipinski definition) is 2. The molecule has 0 radical (unpaired) electrons. The van der Waals surface area contributed by atoms with Crippen molar-refractivity contribution in [3.8, 4) is 0 Å². The van der Waals surface area contributed by atoms with Gasteiger partial charge in [-0.1, -0.05) is 11.8 Å². The third-order valence-corrected chi connectivity index (χ3v) is 5.54. The van der Waals surface area contributed by atoms with E-state index in [4.69, 9.17) is 0 Å². The second-order valence-corrected chi connectivity index (χ2v) is 7.22. The van der Waals surface area contributed by atoms with Crippen molar-refractivity contribution in [2.24, 2.45) is 17.3 Å². The highest BCUT2D eigenvalue weighted by Gasteiger charge is 2.61. The SMILES string of the molecule is CSC(=O)NC12C[C@H]3C[C@H](C1)CC(C(=O)O)(C3)C2. The summed E-state index contributed by atoms with van der Waals surface area (Å²) in [5.41, 5.74) is -0.793. The molecule has 0 aromatic carbocycles. The molecule has 4 aliphatic carbocycles. The van der Waals surface area contributed by atoms with Gasteiger partial charge in [0, 0.05) is 5.54 Å². The van der Waals surface area contributed by atoms with Crippen molar-refractivity contribution in [2.45, 2.75) is 44.1 Å². The molecule has 4 bridgehead atoms. The monoisotopic (exact) mass is 269 g/mol. The van der Waals surface area contributed by atoms with Gasteiger partial charge in [-0.2, -0.15) is 0 Å². The van der Waals surface area contributed by atoms with E-state index in [-0.39, 0.29) is 10.8 Å². The number of hydrogen-bond acceptors (Lipinski definition) is 3. The number of thioether (sulfide) groups is 1. The molecule has 18 heavy (non-hydrogen) atoms. The molecule has 1 amide bonds. The molecule has 0 spiro atoms. The number of rotatable bonds is 2. The van der Waals surface area contributed by atoms with Crippen LogP contribution >= 0.6 is 11.8 Å². The van der Waals surface area contributed by atoms with Crippen molar-refractivity contribution in [3.05, 3.63) is 0 Å². The Hall–Kier alpha value is -0.710. The summed E-state index contributed by atoms with van der Waals surface area (Å²) in [4.78, 5) is 23.3. The molecule has 0 heterocycles. The minimum atomic E-state index is -0.653. The van der Waals surface area contributed by atoms with E-state index in [0.29, 0.717) is 18.3 Å². The lowest BCUT2D eigenvalue weighted by Gasteiger charge is -2.60. The van der Waals surface area contributed by atoms with Crippen LogP contribution in [0.15, 0.2) is 0 Å². The molecule has 2 atom stereocenters. The fraction of sp³-hybridized carbons (Fsp3) is 0.846. The summed E-state index contributed by atoms with van der Waals surface area (Å²) in [6, 6.07) is 0. The van der Waals surface area contributed by atoms with Crippen LogP contribution in [0.5, 0.6) is 0 Å². The molecular weight excluding hydrogens is 250 g/mol. The first-order valence-corrected chi connectivity index (χ1v) is 7.79. The van der Waals surface area contributed by atoms with Crippen molar-refractivity contribution < 1.29 is 14.7 Å². The zero-order valence-electron chi connectivity index (χ0n) is 10.6. The zero-order valence-corrected chi connectivity index (χ0v) is 11.4. The maximum atomic E-state index is 11.7. The van der Waals surface area contributed by atoms with Gasteiger partial charge in [-0.3, -0.25) is 9.59 Å². The second kappa shape index (κ2) is 3.89. The lowest BCUT2D eigenvalue weighted by Crippen LogP contribution is -2.64. The van der Waals surface area contributed by atoms with Gasteiger partial charge in [0.2, 0.25) is 0 Å². The van der Waals surface area contributed by atoms with Crippen molar-refractivity contribution in [1.82, 2.24) is 5.32 Å². The third-order valence-electron chi connectivity index (χ3n) is 5.07. The Morgan fingerprint density at radius 2 is 1.83 bits per heavy atom. The van der Waals surface area contributed by atoms with Gasteiger partial charge in [0.05, 0.1) is 5.41 Å². The summed E-state index contributed by atoms with van der Waals surface area (Å²) in [7, 11) is 0. The number of amides is 1. The van der Waals surface area contributed by atoms with Gasteiger partial charge in [0.1, 0.15) is 0 Å². The first-order valence-electron chi connectivity index (χ1n) is 6.57. The Morgan fingerprint density at radius 3 is 2.33 bits per heavy atom. The van der Waals surface area contributed by atoms with Gasteiger partial charge in [-0.15, -0.1) is 0 Å². The van der Waals surface area contributed by atoms with Crippen LogP contribution in [0.2, 0.25) is 0 Å². The first kappa shape index (κ1) is 12.3. The predicted octanol–water partition coefficient (Wildman–Crippen LogP) is 2.48. The Morgan fingerprint density at radius 1 is 1.22 bits per heavy atom. The van der Waals surface area contributed by atoms with E-state index in [9.17, 15) is 14.7 Å². The van der Waals surface area contributed by atoms with E-state index in [1.165, 1.54) is 11.8 Å². The summed E-state index contributed by atoms with van der Waals surface area (Å²) >= 11 is 1.18. The molecule has 0 aromatic rings. The molecule has 0 saturated heterocycles. The maximum Gasteiger partial charge on any atom is 0.309 e. The molecule has 2 N–H and O–H groups in total. The molecule has 4 nitrogen and oxygen atoms in total. The van der Waals surface area contributed by atoms with Gasteiger partial charge in [-0.25, -0.2) is 0 Å². The molecule has 4 aliphatic rings. The smallest absolute Gasteiger partial charge is 0.309 e. The Bertz CT molecular complexity index is 395. The van der Waals surface area contributed by atoms with Crippen LogP contribution in [0, 0.1) is 17.3 Å². The fourth-order valence-electron chi connectivity index (χ4n) is 4.93. The van der Waals surface area contributed by atoms with Crippen molar-refractivity contribution >= 4 is 23.0 Å². The molecule has 0 unspecified atom stereocenters. The summed E-state index contributed by atoms with van der Waals surface area (Å²) in [5, 5.41) is 12.7. The standard InChI is InChI=1S/C13H19NO3S/c1-18-11(17)14-13-5-8-2-9(6-13)4-12(3-8,7-13)10(15)16/h8-9H,2-7H2,1H3,(H,14,17)(H,15,16)/t8-,9-,12?,13?/m0/s1. The molecule has 5 heteroatoms. The van der Waals surface area contributed by atoms with Crippen LogP contribution < -0.4 is 5.32 Å². The number of nitrogens with one attached hydrogen (secondary N) is 1. The van der Waals surface area contributed by atoms with E-state index in [2.05, 4.69) is 5.32 Å².